The molecule has 4 nitrogen and oxygen atoms in total. The molecule has 1 aromatic heterocycles. The summed E-state index contributed by atoms with van der Waals surface area (Å²) in [6.45, 7) is 1.96. The number of halogens is 2. The lowest BCUT2D eigenvalue weighted by Crippen LogP contribution is -1.98. The van der Waals surface area contributed by atoms with E-state index in [2.05, 4.69) is 10.3 Å². The van der Waals surface area contributed by atoms with Crippen LogP contribution < -0.4 is 0 Å². The lowest BCUT2D eigenvalue weighted by atomic mass is 10.1. The van der Waals surface area contributed by atoms with Crippen LogP contribution in [0.25, 0.3) is 22.8 Å². The first-order chi connectivity index (χ1) is 10.6. The quantitative estimate of drug-likeness (QED) is 0.680. The van der Waals surface area contributed by atoms with E-state index in [9.17, 15) is 14.0 Å². The lowest BCUT2D eigenvalue weighted by molar-refractivity contribution is 0.510. The highest BCUT2D eigenvalue weighted by molar-refractivity contribution is 5.86. The minimum atomic E-state index is -1.01. The van der Waals surface area contributed by atoms with Crippen molar-refractivity contribution in [3.05, 3.63) is 59.2 Å². The minimum Gasteiger partial charge on any atom is -0.204 e. The molecule has 0 atom stereocenters. The van der Waals surface area contributed by atoms with Crippen LogP contribution in [0.4, 0.5) is 8.78 Å². The van der Waals surface area contributed by atoms with Crippen molar-refractivity contribution in [3.8, 4) is 6.07 Å². The minimum absolute atomic E-state index is 0.164. The summed E-state index contributed by atoms with van der Waals surface area (Å²) < 4.78 is 27.8. The highest BCUT2D eigenvalue weighted by atomic mass is 19.2. The molecule has 0 aliphatic rings. The van der Waals surface area contributed by atoms with E-state index in [1.807, 2.05) is 37.3 Å². The molecule has 0 bridgehead atoms. The summed E-state index contributed by atoms with van der Waals surface area (Å²) in [5, 5.41) is 16.9. The Hall–Kier alpha value is -3.07. The van der Waals surface area contributed by atoms with Crippen molar-refractivity contribution >= 4 is 22.8 Å². The SMILES string of the molecule is Cc1ccc(/C=C(\C#N)n2nnc3cc(F)c(F)cc32)cc1. The lowest BCUT2D eigenvalue weighted by Gasteiger charge is -2.01. The van der Waals surface area contributed by atoms with Crippen molar-refractivity contribution in [2.75, 3.05) is 0 Å². The van der Waals surface area contributed by atoms with E-state index in [1.54, 1.807) is 6.08 Å². The number of aryl methyl sites for hydroxylation is 1. The molecule has 22 heavy (non-hydrogen) atoms. The Labute approximate surface area is 124 Å². The number of fused-ring (bicyclic) bond motifs is 1. The summed E-state index contributed by atoms with van der Waals surface area (Å²) in [5.41, 5.74) is 2.48. The van der Waals surface area contributed by atoms with Crippen LogP contribution in [-0.4, -0.2) is 15.0 Å². The monoisotopic (exact) mass is 296 g/mol. The van der Waals surface area contributed by atoms with E-state index in [-0.39, 0.29) is 16.7 Å². The average molecular weight is 296 g/mol. The van der Waals surface area contributed by atoms with Crippen LogP contribution in [0.3, 0.4) is 0 Å². The Balaban J connectivity index is 2.13. The fourth-order valence-electron chi connectivity index (χ4n) is 2.06. The first kappa shape index (κ1) is 13.9. The third-order valence-electron chi connectivity index (χ3n) is 3.21. The van der Waals surface area contributed by atoms with Gasteiger partial charge in [0.1, 0.15) is 17.3 Å². The molecule has 0 saturated carbocycles. The molecule has 0 spiro atoms. The summed E-state index contributed by atoms with van der Waals surface area (Å²) in [6, 6.07) is 11.5. The highest BCUT2D eigenvalue weighted by Gasteiger charge is 2.13. The second-order valence-corrected chi connectivity index (χ2v) is 4.81. The number of hydrogen-bond acceptors (Lipinski definition) is 3. The molecule has 0 fully saturated rings. The van der Waals surface area contributed by atoms with Gasteiger partial charge in [-0.2, -0.15) is 5.26 Å². The van der Waals surface area contributed by atoms with Gasteiger partial charge in [-0.3, -0.25) is 0 Å². The van der Waals surface area contributed by atoms with Gasteiger partial charge in [0.25, 0.3) is 0 Å². The first-order valence-electron chi connectivity index (χ1n) is 6.48. The number of rotatable bonds is 2. The average Bonchev–Trinajstić information content (AvgIpc) is 2.90. The zero-order valence-corrected chi connectivity index (χ0v) is 11.6. The molecular weight excluding hydrogens is 286 g/mol. The van der Waals surface area contributed by atoms with Crippen molar-refractivity contribution in [1.82, 2.24) is 15.0 Å². The Morgan fingerprint density at radius 3 is 2.55 bits per heavy atom. The molecule has 3 aromatic rings. The van der Waals surface area contributed by atoms with E-state index in [4.69, 9.17) is 0 Å². The van der Waals surface area contributed by atoms with Gasteiger partial charge in [0.05, 0.1) is 5.52 Å². The highest BCUT2D eigenvalue weighted by Crippen LogP contribution is 2.20. The summed E-state index contributed by atoms with van der Waals surface area (Å²) >= 11 is 0. The van der Waals surface area contributed by atoms with Crippen LogP contribution in [0, 0.1) is 29.9 Å². The van der Waals surface area contributed by atoms with Gasteiger partial charge in [-0.15, -0.1) is 5.10 Å². The van der Waals surface area contributed by atoms with E-state index in [0.717, 1.165) is 23.3 Å². The Morgan fingerprint density at radius 1 is 1.18 bits per heavy atom. The second-order valence-electron chi connectivity index (χ2n) is 4.81. The molecule has 0 saturated heterocycles. The van der Waals surface area contributed by atoms with Crippen LogP contribution in [0.5, 0.6) is 0 Å². The topological polar surface area (TPSA) is 54.5 Å². The maximum Gasteiger partial charge on any atom is 0.161 e. The third-order valence-corrected chi connectivity index (χ3v) is 3.21. The molecule has 0 radical (unpaired) electrons. The molecular formula is C16H10F2N4. The Bertz CT molecular complexity index is 918. The van der Waals surface area contributed by atoms with Gasteiger partial charge in [0, 0.05) is 12.1 Å². The van der Waals surface area contributed by atoms with Crippen LogP contribution >= 0.6 is 0 Å². The van der Waals surface area contributed by atoms with Gasteiger partial charge < -0.3 is 0 Å². The van der Waals surface area contributed by atoms with Crippen LogP contribution in [0.15, 0.2) is 36.4 Å². The van der Waals surface area contributed by atoms with Crippen molar-refractivity contribution < 1.29 is 8.78 Å². The van der Waals surface area contributed by atoms with Crippen molar-refractivity contribution in [3.63, 3.8) is 0 Å². The zero-order valence-electron chi connectivity index (χ0n) is 11.6. The van der Waals surface area contributed by atoms with E-state index in [0.29, 0.717) is 0 Å². The Morgan fingerprint density at radius 2 is 1.86 bits per heavy atom. The zero-order chi connectivity index (χ0) is 15.7. The van der Waals surface area contributed by atoms with Crippen LogP contribution in [0.2, 0.25) is 0 Å². The molecule has 108 valence electrons. The van der Waals surface area contributed by atoms with Crippen molar-refractivity contribution in [2.45, 2.75) is 6.92 Å². The van der Waals surface area contributed by atoms with Gasteiger partial charge >= 0.3 is 0 Å². The molecule has 0 amide bonds. The molecule has 1 heterocycles. The second kappa shape index (κ2) is 5.37. The maximum atomic E-state index is 13.4. The van der Waals surface area contributed by atoms with Gasteiger partial charge in [-0.25, -0.2) is 13.5 Å². The normalized spacial score (nSPS) is 11.6. The van der Waals surface area contributed by atoms with Crippen LogP contribution in [-0.2, 0) is 0 Å². The summed E-state index contributed by atoms with van der Waals surface area (Å²) in [7, 11) is 0. The molecule has 0 aliphatic heterocycles. The number of hydrogen-bond donors (Lipinski definition) is 0. The number of nitriles is 1. The predicted octanol–water partition coefficient (Wildman–Crippen LogP) is 3.54. The van der Waals surface area contributed by atoms with Crippen molar-refractivity contribution in [1.29, 1.82) is 5.26 Å². The molecule has 6 heteroatoms. The standard InChI is InChI=1S/C16H10F2N4/c1-10-2-4-11(5-3-10)6-12(9-19)22-16-8-14(18)13(17)7-15(16)20-21-22/h2-8H,1H3/b12-6+. The van der Waals surface area contributed by atoms with E-state index < -0.39 is 11.6 Å². The number of nitrogens with zero attached hydrogens (tertiary/aromatic N) is 4. The summed E-state index contributed by atoms with van der Waals surface area (Å²) in [4.78, 5) is 0. The van der Waals surface area contributed by atoms with Gasteiger partial charge in [0.2, 0.25) is 0 Å². The van der Waals surface area contributed by atoms with E-state index >= 15 is 0 Å². The molecule has 0 N–H and O–H groups in total. The molecule has 0 aliphatic carbocycles. The fraction of sp³-hybridized carbons (Fsp3) is 0.0625. The van der Waals surface area contributed by atoms with Gasteiger partial charge in [0.15, 0.2) is 11.6 Å². The number of benzene rings is 2. The summed E-state index contributed by atoms with van der Waals surface area (Å²) in [6.07, 6.45) is 1.61. The van der Waals surface area contributed by atoms with Crippen LogP contribution in [0.1, 0.15) is 11.1 Å². The van der Waals surface area contributed by atoms with Gasteiger partial charge in [-0.05, 0) is 18.6 Å². The first-order valence-corrected chi connectivity index (χ1v) is 6.48. The fourth-order valence-corrected chi connectivity index (χ4v) is 2.06. The van der Waals surface area contributed by atoms with Crippen molar-refractivity contribution in [2.24, 2.45) is 0 Å². The molecule has 2 aromatic carbocycles. The van der Waals surface area contributed by atoms with Gasteiger partial charge in [-0.1, -0.05) is 35.0 Å². The number of aromatic nitrogens is 3. The van der Waals surface area contributed by atoms with E-state index in [1.165, 1.54) is 4.68 Å². The summed E-state index contributed by atoms with van der Waals surface area (Å²) in [5.74, 6) is -2.01. The smallest absolute Gasteiger partial charge is 0.161 e. The largest absolute Gasteiger partial charge is 0.204 e. The predicted molar refractivity (Wildman–Crippen MR) is 78.4 cm³/mol. The number of allylic oxidation sites excluding steroid dienone is 1. The maximum absolute atomic E-state index is 13.4. The molecule has 0 unspecified atom stereocenters. The Kier molecular flexibility index (Phi) is 3.39. The molecule has 3 rings (SSSR count). The third kappa shape index (κ3) is 2.44.